The normalized spacial score (nSPS) is 16.6. The lowest BCUT2D eigenvalue weighted by atomic mass is 10.2. The minimum absolute atomic E-state index is 0.845. The molecule has 130 valence electrons. The van der Waals surface area contributed by atoms with Crippen molar-refractivity contribution in [2.75, 3.05) is 26.2 Å². The summed E-state index contributed by atoms with van der Waals surface area (Å²) in [5.74, 6) is 0. The molecule has 0 bridgehead atoms. The smallest absolute Gasteiger partial charge is 0.0612 e. The summed E-state index contributed by atoms with van der Waals surface area (Å²) in [5.41, 5.74) is 2.35. The van der Waals surface area contributed by atoms with Crippen molar-refractivity contribution in [3.63, 3.8) is 0 Å². The van der Waals surface area contributed by atoms with Gasteiger partial charge < -0.3 is 0 Å². The van der Waals surface area contributed by atoms with E-state index in [1.165, 1.54) is 5.56 Å². The monoisotopic (exact) mass is 417 g/mol. The summed E-state index contributed by atoms with van der Waals surface area (Å²) in [6.07, 6.45) is 3.94. The van der Waals surface area contributed by atoms with E-state index in [0.29, 0.717) is 0 Å². The largest absolute Gasteiger partial charge is 0.295 e. The number of allylic oxidation sites excluding steroid dienone is 1. The van der Waals surface area contributed by atoms with Gasteiger partial charge in [0.25, 0.3) is 0 Å². The first-order valence-corrected chi connectivity index (χ1v) is 9.55. The second kappa shape index (κ2) is 9.18. The molecule has 0 N–H and O–H groups in total. The summed E-state index contributed by atoms with van der Waals surface area (Å²) in [4.78, 5) is 2.42. The number of hydrogen-bond donors (Lipinski definition) is 0. The van der Waals surface area contributed by atoms with Gasteiger partial charge in [0.2, 0.25) is 0 Å². The Hall–Kier alpha value is -1.62. The van der Waals surface area contributed by atoms with Crippen LogP contribution in [0.4, 0.5) is 0 Å². The van der Waals surface area contributed by atoms with Crippen LogP contribution in [0.2, 0.25) is 5.02 Å². The maximum atomic E-state index is 6.25. The van der Waals surface area contributed by atoms with E-state index in [2.05, 4.69) is 55.2 Å². The van der Waals surface area contributed by atoms with Gasteiger partial charge >= 0.3 is 0 Å². The molecule has 1 aliphatic rings. The Balaban J connectivity index is 1.49. The standard InChI is InChI=1S/C20H21BrClN3/c21-19(14-17-6-2-1-3-7-17)15-23-25-12-10-24(11-13-25)16-18-8-4-5-9-20(18)22/h1-9,14-15H,10-13,16H2/b19-14-,23-15-. The highest BCUT2D eigenvalue weighted by Crippen LogP contribution is 2.18. The highest BCUT2D eigenvalue weighted by Gasteiger charge is 2.16. The first kappa shape index (κ1) is 18.2. The van der Waals surface area contributed by atoms with Gasteiger partial charge in [-0.25, -0.2) is 0 Å². The van der Waals surface area contributed by atoms with Gasteiger partial charge in [0.1, 0.15) is 0 Å². The molecule has 3 rings (SSSR count). The topological polar surface area (TPSA) is 18.8 Å². The van der Waals surface area contributed by atoms with Gasteiger partial charge in [-0.3, -0.25) is 9.91 Å². The molecule has 0 saturated carbocycles. The van der Waals surface area contributed by atoms with Gasteiger partial charge in [-0.05, 0) is 39.2 Å². The molecular formula is C20H21BrClN3. The SMILES string of the molecule is Clc1ccccc1CN1CCN(/N=C\C(Br)=C\c2ccccc2)CC1. The molecule has 0 amide bonds. The molecule has 25 heavy (non-hydrogen) atoms. The molecule has 3 nitrogen and oxygen atoms in total. The number of hydrazone groups is 1. The fourth-order valence-corrected chi connectivity index (χ4v) is 3.31. The lowest BCUT2D eigenvalue weighted by Gasteiger charge is -2.33. The summed E-state index contributed by atoms with van der Waals surface area (Å²) >= 11 is 9.82. The lowest BCUT2D eigenvalue weighted by molar-refractivity contribution is 0.131. The average molecular weight is 419 g/mol. The molecule has 1 aliphatic heterocycles. The molecular weight excluding hydrogens is 398 g/mol. The number of rotatable bonds is 5. The van der Waals surface area contributed by atoms with Crippen molar-refractivity contribution in [2.24, 2.45) is 5.10 Å². The van der Waals surface area contributed by atoms with Crippen molar-refractivity contribution in [3.05, 3.63) is 75.2 Å². The van der Waals surface area contributed by atoms with Crippen molar-refractivity contribution in [2.45, 2.75) is 6.54 Å². The molecule has 0 aliphatic carbocycles. The average Bonchev–Trinajstić information content (AvgIpc) is 2.64. The third-order valence-corrected chi connectivity index (χ3v) is 4.95. The van der Waals surface area contributed by atoms with Crippen LogP contribution in [-0.4, -0.2) is 42.3 Å². The van der Waals surface area contributed by atoms with Crippen LogP contribution in [0, 0.1) is 0 Å². The van der Waals surface area contributed by atoms with Gasteiger partial charge in [0.05, 0.1) is 6.21 Å². The predicted octanol–water partition coefficient (Wildman–Crippen LogP) is 4.88. The highest BCUT2D eigenvalue weighted by molar-refractivity contribution is 9.12. The zero-order valence-corrected chi connectivity index (χ0v) is 16.3. The maximum absolute atomic E-state index is 6.25. The van der Waals surface area contributed by atoms with E-state index < -0.39 is 0 Å². The van der Waals surface area contributed by atoms with E-state index in [9.17, 15) is 0 Å². The predicted molar refractivity (Wildman–Crippen MR) is 110 cm³/mol. The number of nitrogens with zero attached hydrogens (tertiary/aromatic N) is 3. The molecule has 2 aromatic rings. The van der Waals surface area contributed by atoms with E-state index >= 15 is 0 Å². The van der Waals surface area contributed by atoms with Crippen LogP contribution in [0.25, 0.3) is 6.08 Å². The highest BCUT2D eigenvalue weighted by atomic mass is 79.9. The summed E-state index contributed by atoms with van der Waals surface area (Å²) in [7, 11) is 0. The molecule has 0 radical (unpaired) electrons. The third-order valence-electron chi connectivity index (χ3n) is 4.15. The Labute approximate surface area is 162 Å². The first-order valence-electron chi connectivity index (χ1n) is 8.37. The Bertz CT molecular complexity index is 738. The van der Waals surface area contributed by atoms with Gasteiger partial charge in [-0.15, -0.1) is 0 Å². The first-order chi connectivity index (χ1) is 12.2. The Morgan fingerprint density at radius 1 is 1.00 bits per heavy atom. The Morgan fingerprint density at radius 2 is 1.68 bits per heavy atom. The minimum atomic E-state index is 0.845. The summed E-state index contributed by atoms with van der Waals surface area (Å²) in [5, 5.41) is 7.54. The van der Waals surface area contributed by atoms with Crippen LogP contribution >= 0.6 is 27.5 Å². The third kappa shape index (κ3) is 5.70. The van der Waals surface area contributed by atoms with Crippen LogP contribution in [0.5, 0.6) is 0 Å². The second-order valence-corrected chi connectivity index (χ2v) is 7.33. The maximum Gasteiger partial charge on any atom is 0.0612 e. The van der Waals surface area contributed by atoms with Gasteiger partial charge in [-0.1, -0.05) is 60.1 Å². The van der Waals surface area contributed by atoms with Crippen molar-refractivity contribution in [1.82, 2.24) is 9.91 Å². The lowest BCUT2D eigenvalue weighted by Crippen LogP contribution is -2.43. The van der Waals surface area contributed by atoms with Crippen LogP contribution in [0.1, 0.15) is 11.1 Å². The molecule has 0 atom stereocenters. The van der Waals surface area contributed by atoms with E-state index in [0.717, 1.165) is 47.8 Å². The summed E-state index contributed by atoms with van der Waals surface area (Å²) in [6, 6.07) is 18.3. The quantitative estimate of drug-likeness (QED) is 0.645. The molecule has 1 heterocycles. The van der Waals surface area contributed by atoms with Crippen LogP contribution in [0.3, 0.4) is 0 Å². The van der Waals surface area contributed by atoms with E-state index in [4.69, 9.17) is 11.6 Å². The molecule has 5 heteroatoms. The van der Waals surface area contributed by atoms with Crippen molar-refractivity contribution >= 4 is 39.8 Å². The number of piperazine rings is 1. The van der Waals surface area contributed by atoms with Crippen molar-refractivity contribution < 1.29 is 0 Å². The van der Waals surface area contributed by atoms with Gasteiger partial charge in [0, 0.05) is 42.2 Å². The zero-order chi connectivity index (χ0) is 17.5. The van der Waals surface area contributed by atoms with Crippen LogP contribution in [0.15, 0.2) is 64.2 Å². The summed E-state index contributed by atoms with van der Waals surface area (Å²) < 4.78 is 0.970. The second-order valence-electron chi connectivity index (χ2n) is 6.01. The van der Waals surface area contributed by atoms with Crippen molar-refractivity contribution in [1.29, 1.82) is 0 Å². The van der Waals surface area contributed by atoms with Crippen LogP contribution in [-0.2, 0) is 6.54 Å². The fraction of sp³-hybridized carbons (Fsp3) is 0.250. The number of halogens is 2. The number of hydrogen-bond acceptors (Lipinski definition) is 3. The Kier molecular flexibility index (Phi) is 6.68. The van der Waals surface area contributed by atoms with E-state index in [1.807, 2.05) is 42.6 Å². The molecule has 0 aromatic heterocycles. The number of benzene rings is 2. The molecule has 0 unspecified atom stereocenters. The molecule has 1 fully saturated rings. The fourth-order valence-electron chi connectivity index (χ4n) is 2.76. The molecule has 2 aromatic carbocycles. The van der Waals surface area contributed by atoms with Crippen molar-refractivity contribution in [3.8, 4) is 0 Å². The van der Waals surface area contributed by atoms with Gasteiger partial charge in [0.15, 0.2) is 0 Å². The van der Waals surface area contributed by atoms with Gasteiger partial charge in [-0.2, -0.15) is 5.10 Å². The van der Waals surface area contributed by atoms with E-state index in [1.54, 1.807) is 0 Å². The summed E-state index contributed by atoms with van der Waals surface area (Å²) in [6.45, 7) is 4.72. The Morgan fingerprint density at radius 3 is 2.40 bits per heavy atom. The van der Waals surface area contributed by atoms with E-state index in [-0.39, 0.29) is 0 Å². The molecule has 0 spiro atoms. The molecule has 1 saturated heterocycles. The van der Waals surface area contributed by atoms with Crippen LogP contribution < -0.4 is 0 Å². The minimum Gasteiger partial charge on any atom is -0.295 e. The zero-order valence-electron chi connectivity index (χ0n) is 14.0.